The van der Waals surface area contributed by atoms with E-state index in [2.05, 4.69) is 10.6 Å². The SMILES string of the molecule is Cc1cc(F)c(NCC(=O)NCc2ccccc2)cc1F. The van der Waals surface area contributed by atoms with Gasteiger partial charge in [0.1, 0.15) is 11.6 Å². The molecular formula is C16H16F2N2O. The lowest BCUT2D eigenvalue weighted by atomic mass is 10.2. The maximum atomic E-state index is 13.6. The molecule has 2 aromatic carbocycles. The van der Waals surface area contributed by atoms with Crippen LogP contribution in [0.1, 0.15) is 11.1 Å². The van der Waals surface area contributed by atoms with Crippen molar-refractivity contribution in [1.29, 1.82) is 0 Å². The monoisotopic (exact) mass is 290 g/mol. The molecular weight excluding hydrogens is 274 g/mol. The number of hydrogen-bond acceptors (Lipinski definition) is 2. The highest BCUT2D eigenvalue weighted by Gasteiger charge is 2.08. The molecule has 0 aliphatic carbocycles. The van der Waals surface area contributed by atoms with E-state index in [1.165, 1.54) is 6.92 Å². The van der Waals surface area contributed by atoms with Crippen molar-refractivity contribution in [1.82, 2.24) is 5.32 Å². The van der Waals surface area contributed by atoms with E-state index >= 15 is 0 Å². The molecule has 21 heavy (non-hydrogen) atoms. The predicted octanol–water partition coefficient (Wildman–Crippen LogP) is 3.00. The van der Waals surface area contributed by atoms with Crippen LogP contribution in [0.3, 0.4) is 0 Å². The van der Waals surface area contributed by atoms with Gasteiger partial charge in [-0.15, -0.1) is 0 Å². The van der Waals surface area contributed by atoms with Crippen LogP contribution in [-0.2, 0) is 11.3 Å². The van der Waals surface area contributed by atoms with Gasteiger partial charge >= 0.3 is 0 Å². The fourth-order valence-electron chi connectivity index (χ4n) is 1.82. The van der Waals surface area contributed by atoms with Gasteiger partial charge in [-0.2, -0.15) is 0 Å². The highest BCUT2D eigenvalue weighted by Crippen LogP contribution is 2.18. The molecule has 0 heterocycles. The average molecular weight is 290 g/mol. The topological polar surface area (TPSA) is 41.1 Å². The van der Waals surface area contributed by atoms with Gasteiger partial charge in [0, 0.05) is 12.6 Å². The summed E-state index contributed by atoms with van der Waals surface area (Å²) in [6.07, 6.45) is 0. The Hall–Kier alpha value is -2.43. The van der Waals surface area contributed by atoms with E-state index in [0.717, 1.165) is 17.7 Å². The summed E-state index contributed by atoms with van der Waals surface area (Å²) in [5.41, 5.74) is 1.18. The van der Waals surface area contributed by atoms with E-state index in [1.807, 2.05) is 30.3 Å². The van der Waals surface area contributed by atoms with Crippen molar-refractivity contribution in [3.8, 4) is 0 Å². The van der Waals surface area contributed by atoms with Gasteiger partial charge in [0.15, 0.2) is 0 Å². The Bertz CT molecular complexity index is 630. The van der Waals surface area contributed by atoms with Crippen molar-refractivity contribution in [2.75, 3.05) is 11.9 Å². The van der Waals surface area contributed by atoms with Crippen molar-refractivity contribution in [2.45, 2.75) is 13.5 Å². The van der Waals surface area contributed by atoms with E-state index in [9.17, 15) is 13.6 Å². The quantitative estimate of drug-likeness (QED) is 0.889. The second-order valence-corrected chi connectivity index (χ2v) is 4.70. The number of aryl methyl sites for hydroxylation is 1. The Morgan fingerprint density at radius 2 is 1.81 bits per heavy atom. The molecule has 1 amide bonds. The highest BCUT2D eigenvalue weighted by atomic mass is 19.1. The van der Waals surface area contributed by atoms with Gasteiger partial charge in [0.25, 0.3) is 0 Å². The first-order chi connectivity index (χ1) is 10.1. The van der Waals surface area contributed by atoms with Crippen molar-refractivity contribution in [2.24, 2.45) is 0 Å². The van der Waals surface area contributed by atoms with Crippen LogP contribution >= 0.6 is 0 Å². The number of benzene rings is 2. The number of amides is 1. The van der Waals surface area contributed by atoms with Gasteiger partial charge in [-0.25, -0.2) is 8.78 Å². The Balaban J connectivity index is 1.85. The highest BCUT2D eigenvalue weighted by molar-refractivity contribution is 5.80. The summed E-state index contributed by atoms with van der Waals surface area (Å²) in [4.78, 5) is 11.7. The fourth-order valence-corrected chi connectivity index (χ4v) is 1.82. The maximum Gasteiger partial charge on any atom is 0.239 e. The Kier molecular flexibility index (Phi) is 4.87. The van der Waals surface area contributed by atoms with Gasteiger partial charge in [0.2, 0.25) is 5.91 Å². The molecule has 0 atom stereocenters. The third-order valence-corrected chi connectivity index (χ3v) is 3.02. The molecule has 0 aliphatic rings. The summed E-state index contributed by atoms with van der Waals surface area (Å²) in [5.74, 6) is -1.38. The molecule has 5 heteroatoms. The van der Waals surface area contributed by atoms with Crippen LogP contribution in [0.15, 0.2) is 42.5 Å². The molecule has 0 aromatic heterocycles. The van der Waals surface area contributed by atoms with Crippen molar-refractivity contribution in [3.63, 3.8) is 0 Å². The third-order valence-electron chi connectivity index (χ3n) is 3.02. The molecule has 2 N–H and O–H groups in total. The minimum absolute atomic E-state index is 0.0204. The molecule has 0 saturated heterocycles. The van der Waals surface area contributed by atoms with Crippen molar-refractivity contribution in [3.05, 3.63) is 65.2 Å². The first-order valence-corrected chi connectivity index (χ1v) is 6.56. The molecule has 3 nitrogen and oxygen atoms in total. The second kappa shape index (κ2) is 6.83. The summed E-state index contributed by atoms with van der Waals surface area (Å²) in [6, 6.07) is 11.6. The number of hydrogen-bond donors (Lipinski definition) is 2. The van der Waals surface area contributed by atoms with Gasteiger partial charge in [-0.3, -0.25) is 4.79 Å². The van der Waals surface area contributed by atoms with Crippen LogP contribution in [0.2, 0.25) is 0 Å². The van der Waals surface area contributed by atoms with Crippen LogP contribution in [0.25, 0.3) is 0 Å². The van der Waals surface area contributed by atoms with E-state index in [4.69, 9.17) is 0 Å². The summed E-state index contributed by atoms with van der Waals surface area (Å²) in [5, 5.41) is 5.29. The summed E-state index contributed by atoms with van der Waals surface area (Å²) >= 11 is 0. The largest absolute Gasteiger partial charge is 0.374 e. The zero-order chi connectivity index (χ0) is 15.2. The Morgan fingerprint density at radius 3 is 2.52 bits per heavy atom. The Labute approximate surface area is 122 Å². The average Bonchev–Trinajstić information content (AvgIpc) is 2.48. The predicted molar refractivity (Wildman–Crippen MR) is 77.9 cm³/mol. The van der Waals surface area contributed by atoms with Crippen molar-refractivity contribution < 1.29 is 13.6 Å². The zero-order valence-electron chi connectivity index (χ0n) is 11.6. The number of carbonyl (C=O) groups excluding carboxylic acids is 1. The fraction of sp³-hybridized carbons (Fsp3) is 0.188. The summed E-state index contributed by atoms with van der Waals surface area (Å²) in [7, 11) is 0. The molecule has 0 bridgehead atoms. The van der Waals surface area contributed by atoms with Gasteiger partial charge in [0.05, 0.1) is 12.2 Å². The molecule has 0 saturated carbocycles. The number of anilines is 1. The molecule has 0 aliphatic heterocycles. The lowest BCUT2D eigenvalue weighted by molar-refractivity contribution is -0.119. The first-order valence-electron chi connectivity index (χ1n) is 6.56. The van der Waals surface area contributed by atoms with Crippen LogP contribution < -0.4 is 10.6 Å². The molecule has 2 aromatic rings. The summed E-state index contributed by atoms with van der Waals surface area (Å²) in [6.45, 7) is 1.76. The Morgan fingerprint density at radius 1 is 1.10 bits per heavy atom. The minimum Gasteiger partial charge on any atom is -0.374 e. The normalized spacial score (nSPS) is 10.2. The molecule has 0 fully saturated rings. The maximum absolute atomic E-state index is 13.6. The molecule has 0 radical (unpaired) electrons. The lowest BCUT2D eigenvalue weighted by Gasteiger charge is -2.09. The van der Waals surface area contributed by atoms with Crippen molar-refractivity contribution >= 4 is 11.6 Å². The van der Waals surface area contributed by atoms with Crippen LogP contribution in [0.4, 0.5) is 14.5 Å². The standard InChI is InChI=1S/C16H16F2N2O/c1-11-7-14(18)15(8-13(11)17)19-10-16(21)20-9-12-5-3-2-4-6-12/h2-8,19H,9-10H2,1H3,(H,20,21). The minimum atomic E-state index is -0.579. The van der Waals surface area contributed by atoms with E-state index < -0.39 is 11.6 Å². The molecule has 0 spiro atoms. The van der Waals surface area contributed by atoms with Crippen LogP contribution in [0, 0.1) is 18.6 Å². The van der Waals surface area contributed by atoms with Crippen LogP contribution in [0.5, 0.6) is 0 Å². The third kappa shape index (κ3) is 4.27. The second-order valence-electron chi connectivity index (χ2n) is 4.70. The van der Waals surface area contributed by atoms with E-state index in [0.29, 0.717) is 6.54 Å². The van der Waals surface area contributed by atoms with Gasteiger partial charge in [-0.1, -0.05) is 30.3 Å². The lowest BCUT2D eigenvalue weighted by Crippen LogP contribution is -2.29. The number of rotatable bonds is 5. The smallest absolute Gasteiger partial charge is 0.239 e. The van der Waals surface area contributed by atoms with Gasteiger partial charge in [-0.05, 0) is 24.1 Å². The van der Waals surface area contributed by atoms with E-state index in [-0.39, 0.29) is 23.7 Å². The zero-order valence-corrected chi connectivity index (χ0v) is 11.6. The van der Waals surface area contributed by atoms with Crippen LogP contribution in [-0.4, -0.2) is 12.5 Å². The molecule has 2 rings (SSSR count). The van der Waals surface area contributed by atoms with Gasteiger partial charge < -0.3 is 10.6 Å². The molecule has 110 valence electrons. The first kappa shape index (κ1) is 15.0. The van der Waals surface area contributed by atoms with E-state index in [1.54, 1.807) is 0 Å². The molecule has 0 unspecified atom stereocenters. The number of carbonyl (C=O) groups is 1. The summed E-state index contributed by atoms with van der Waals surface area (Å²) < 4.78 is 26.9. The number of halogens is 2. The number of nitrogens with one attached hydrogen (secondary N) is 2.